The van der Waals surface area contributed by atoms with Crippen molar-refractivity contribution in [3.05, 3.63) is 0 Å². The molecule has 1 saturated heterocycles. The minimum Gasteiger partial charge on any atom is -0.389 e. The first kappa shape index (κ1) is 10.0. The van der Waals surface area contributed by atoms with Crippen LogP contribution in [0.25, 0.3) is 0 Å². The van der Waals surface area contributed by atoms with Crippen molar-refractivity contribution in [2.75, 3.05) is 13.1 Å². The molecule has 12 heavy (non-hydrogen) atoms. The molecule has 2 heteroatoms. The van der Waals surface area contributed by atoms with Crippen LogP contribution in [0.4, 0.5) is 0 Å². The van der Waals surface area contributed by atoms with E-state index in [1.165, 1.54) is 0 Å². The second-order valence-electron chi connectivity index (χ2n) is 4.61. The predicted molar refractivity (Wildman–Crippen MR) is 51.1 cm³/mol. The molecule has 1 N–H and O–H groups in total. The fourth-order valence-corrected chi connectivity index (χ4v) is 1.76. The van der Waals surface area contributed by atoms with Crippen LogP contribution in [-0.2, 0) is 0 Å². The van der Waals surface area contributed by atoms with Crippen molar-refractivity contribution in [2.24, 2.45) is 5.92 Å². The van der Waals surface area contributed by atoms with Gasteiger partial charge < -0.3 is 5.11 Å². The molecule has 0 bridgehead atoms. The lowest BCUT2D eigenvalue weighted by Crippen LogP contribution is -2.53. The molecule has 0 radical (unpaired) electrons. The third-order valence-corrected chi connectivity index (χ3v) is 3.16. The quantitative estimate of drug-likeness (QED) is 0.646. The Morgan fingerprint density at radius 1 is 1.50 bits per heavy atom. The topological polar surface area (TPSA) is 23.5 Å². The smallest absolute Gasteiger partial charge is 0.0772 e. The van der Waals surface area contributed by atoms with Crippen LogP contribution in [0, 0.1) is 5.92 Å². The van der Waals surface area contributed by atoms with Crippen molar-refractivity contribution in [1.82, 2.24) is 4.90 Å². The molecule has 1 aliphatic rings. The first-order valence-electron chi connectivity index (χ1n) is 4.90. The molecule has 2 unspecified atom stereocenters. The average Bonchev–Trinajstić information content (AvgIpc) is 1.94. The monoisotopic (exact) mass is 171 g/mol. The van der Waals surface area contributed by atoms with E-state index in [-0.39, 0.29) is 0 Å². The zero-order chi connectivity index (χ0) is 9.35. The highest BCUT2D eigenvalue weighted by atomic mass is 16.3. The van der Waals surface area contributed by atoms with Crippen molar-refractivity contribution in [3.63, 3.8) is 0 Å². The number of nitrogens with zero attached hydrogens (tertiary/aromatic N) is 1. The molecular weight excluding hydrogens is 150 g/mol. The molecule has 72 valence electrons. The largest absolute Gasteiger partial charge is 0.389 e. The van der Waals surface area contributed by atoms with Gasteiger partial charge in [0.25, 0.3) is 0 Å². The second-order valence-corrected chi connectivity index (χ2v) is 4.61. The summed E-state index contributed by atoms with van der Waals surface area (Å²) in [7, 11) is 0. The Kier molecular flexibility index (Phi) is 2.79. The summed E-state index contributed by atoms with van der Waals surface area (Å²) in [5, 5.41) is 10.0. The van der Waals surface area contributed by atoms with Crippen LogP contribution < -0.4 is 0 Å². The van der Waals surface area contributed by atoms with Gasteiger partial charge in [-0.05, 0) is 39.7 Å². The third-order valence-electron chi connectivity index (χ3n) is 3.16. The summed E-state index contributed by atoms with van der Waals surface area (Å²) >= 11 is 0. The molecule has 0 amide bonds. The molecule has 0 aromatic carbocycles. The van der Waals surface area contributed by atoms with E-state index < -0.39 is 5.60 Å². The van der Waals surface area contributed by atoms with Crippen LogP contribution in [0.15, 0.2) is 0 Å². The van der Waals surface area contributed by atoms with Crippen molar-refractivity contribution in [2.45, 2.75) is 45.8 Å². The first-order chi connectivity index (χ1) is 5.43. The molecule has 1 aliphatic heterocycles. The number of piperidine rings is 1. The summed E-state index contributed by atoms with van der Waals surface area (Å²) in [4.78, 5) is 2.35. The molecule has 0 aromatic heterocycles. The van der Waals surface area contributed by atoms with Gasteiger partial charge in [-0.1, -0.05) is 6.92 Å². The lowest BCUT2D eigenvalue weighted by Gasteiger charge is -2.43. The zero-order valence-electron chi connectivity index (χ0n) is 8.67. The Morgan fingerprint density at radius 3 is 2.50 bits per heavy atom. The van der Waals surface area contributed by atoms with Gasteiger partial charge in [0.15, 0.2) is 0 Å². The summed E-state index contributed by atoms with van der Waals surface area (Å²) in [6, 6.07) is 0.559. The Morgan fingerprint density at radius 2 is 2.08 bits per heavy atom. The summed E-state index contributed by atoms with van der Waals surface area (Å²) in [6.07, 6.45) is 1.12. The van der Waals surface area contributed by atoms with Gasteiger partial charge in [0.2, 0.25) is 0 Å². The van der Waals surface area contributed by atoms with E-state index in [1.807, 2.05) is 6.92 Å². The Hall–Kier alpha value is -0.0800. The Balaban J connectivity index is 2.57. The van der Waals surface area contributed by atoms with Gasteiger partial charge in [0.1, 0.15) is 0 Å². The second kappa shape index (κ2) is 3.35. The molecule has 0 spiro atoms. The predicted octanol–water partition coefficient (Wildman–Crippen LogP) is 1.49. The van der Waals surface area contributed by atoms with E-state index >= 15 is 0 Å². The third kappa shape index (κ3) is 1.99. The number of likely N-dealkylation sites (tertiary alicyclic amines) is 1. The summed E-state index contributed by atoms with van der Waals surface area (Å²) in [6.45, 7) is 10.4. The molecule has 1 rings (SSSR count). The molecule has 0 aromatic rings. The Labute approximate surface area is 75.6 Å². The normalized spacial score (nSPS) is 39.0. The minimum atomic E-state index is -0.484. The van der Waals surface area contributed by atoms with E-state index in [0.717, 1.165) is 19.5 Å². The van der Waals surface area contributed by atoms with Crippen LogP contribution in [0.1, 0.15) is 34.1 Å². The van der Waals surface area contributed by atoms with Gasteiger partial charge in [-0.25, -0.2) is 0 Å². The maximum absolute atomic E-state index is 10.0. The molecule has 2 atom stereocenters. The highest BCUT2D eigenvalue weighted by Crippen LogP contribution is 2.27. The van der Waals surface area contributed by atoms with Gasteiger partial charge in [0, 0.05) is 12.6 Å². The van der Waals surface area contributed by atoms with Gasteiger partial charge >= 0.3 is 0 Å². The van der Waals surface area contributed by atoms with Gasteiger partial charge in [-0.15, -0.1) is 0 Å². The maximum Gasteiger partial charge on any atom is 0.0772 e. The van der Waals surface area contributed by atoms with E-state index in [1.54, 1.807) is 0 Å². The number of β-amino-alcohol motifs (C(OH)–C–C–N with tert-alkyl or cyclic N) is 1. The van der Waals surface area contributed by atoms with Gasteiger partial charge in [0.05, 0.1) is 5.60 Å². The fourth-order valence-electron chi connectivity index (χ4n) is 1.76. The highest BCUT2D eigenvalue weighted by Gasteiger charge is 2.35. The van der Waals surface area contributed by atoms with Crippen molar-refractivity contribution < 1.29 is 5.11 Å². The Bertz CT molecular complexity index is 154. The van der Waals surface area contributed by atoms with Crippen LogP contribution >= 0.6 is 0 Å². The summed E-state index contributed by atoms with van der Waals surface area (Å²) in [5.74, 6) is 0.437. The SMILES string of the molecule is CC(C)N1CCC(C)C(C)(O)C1. The average molecular weight is 171 g/mol. The molecule has 0 saturated carbocycles. The summed E-state index contributed by atoms with van der Waals surface area (Å²) in [5.41, 5.74) is -0.484. The van der Waals surface area contributed by atoms with Crippen molar-refractivity contribution in [3.8, 4) is 0 Å². The van der Waals surface area contributed by atoms with Crippen molar-refractivity contribution in [1.29, 1.82) is 0 Å². The van der Waals surface area contributed by atoms with Gasteiger partial charge in [-0.3, -0.25) is 4.90 Å². The molecule has 1 fully saturated rings. The minimum absolute atomic E-state index is 0.437. The molecular formula is C10H21NO. The van der Waals surface area contributed by atoms with E-state index in [2.05, 4.69) is 25.7 Å². The first-order valence-corrected chi connectivity index (χ1v) is 4.90. The van der Waals surface area contributed by atoms with Crippen LogP contribution in [0.3, 0.4) is 0 Å². The van der Waals surface area contributed by atoms with Crippen molar-refractivity contribution >= 4 is 0 Å². The molecule has 1 heterocycles. The number of hydrogen-bond acceptors (Lipinski definition) is 2. The standard InChI is InChI=1S/C10H21NO/c1-8(2)11-6-5-9(3)10(4,12)7-11/h8-9,12H,5-7H2,1-4H3. The fraction of sp³-hybridized carbons (Fsp3) is 1.00. The van der Waals surface area contributed by atoms with E-state index in [0.29, 0.717) is 12.0 Å². The summed E-state index contributed by atoms with van der Waals surface area (Å²) < 4.78 is 0. The number of hydrogen-bond donors (Lipinski definition) is 1. The highest BCUT2D eigenvalue weighted by molar-refractivity contribution is 4.88. The zero-order valence-corrected chi connectivity index (χ0v) is 8.67. The van der Waals surface area contributed by atoms with Gasteiger partial charge in [-0.2, -0.15) is 0 Å². The molecule has 0 aliphatic carbocycles. The number of aliphatic hydroxyl groups is 1. The lowest BCUT2D eigenvalue weighted by atomic mass is 9.84. The lowest BCUT2D eigenvalue weighted by molar-refractivity contribution is -0.0644. The maximum atomic E-state index is 10.0. The van der Waals surface area contributed by atoms with Crippen LogP contribution in [-0.4, -0.2) is 34.7 Å². The number of rotatable bonds is 1. The van der Waals surface area contributed by atoms with Crippen LogP contribution in [0.5, 0.6) is 0 Å². The van der Waals surface area contributed by atoms with E-state index in [9.17, 15) is 5.11 Å². The van der Waals surface area contributed by atoms with E-state index in [4.69, 9.17) is 0 Å². The molecule has 2 nitrogen and oxygen atoms in total. The van der Waals surface area contributed by atoms with Crippen LogP contribution in [0.2, 0.25) is 0 Å².